The van der Waals surface area contributed by atoms with Crippen LogP contribution >= 0.6 is 0 Å². The summed E-state index contributed by atoms with van der Waals surface area (Å²) in [6.07, 6.45) is 0.960. The Kier molecular flexibility index (Phi) is 5.41. The van der Waals surface area contributed by atoms with Crippen LogP contribution in [0.15, 0.2) is 0 Å². The second-order valence-corrected chi connectivity index (χ2v) is 4.61. The Labute approximate surface area is 102 Å². The van der Waals surface area contributed by atoms with Crippen LogP contribution in [0, 0.1) is 5.92 Å². The van der Waals surface area contributed by atoms with Gasteiger partial charge in [0.2, 0.25) is 11.8 Å². The number of rotatable bonds is 6. The number of hydrogen-bond acceptors (Lipinski definition) is 3. The van der Waals surface area contributed by atoms with Crippen molar-refractivity contribution in [1.82, 2.24) is 10.2 Å². The van der Waals surface area contributed by atoms with Gasteiger partial charge in [0.05, 0.1) is 13.2 Å². The van der Waals surface area contributed by atoms with Gasteiger partial charge in [-0.15, -0.1) is 0 Å². The smallest absolute Gasteiger partial charge is 0.243 e. The van der Waals surface area contributed by atoms with Gasteiger partial charge in [-0.1, -0.05) is 20.8 Å². The molecule has 0 aliphatic carbocycles. The largest absolute Gasteiger partial charge is 0.380 e. The first-order valence-corrected chi connectivity index (χ1v) is 6.22. The predicted molar refractivity (Wildman–Crippen MR) is 64.5 cm³/mol. The molecule has 1 fully saturated rings. The number of carbonyl (C=O) groups is 2. The van der Waals surface area contributed by atoms with Gasteiger partial charge in [0, 0.05) is 13.2 Å². The first kappa shape index (κ1) is 14.0. The fraction of sp³-hybridized carbons (Fsp3) is 0.833. The molecule has 1 rings (SSSR count). The lowest BCUT2D eigenvalue weighted by Crippen LogP contribution is -2.60. The summed E-state index contributed by atoms with van der Waals surface area (Å²) in [5.41, 5.74) is 0. The van der Waals surface area contributed by atoms with E-state index in [-0.39, 0.29) is 30.3 Å². The second kappa shape index (κ2) is 6.59. The molecule has 1 unspecified atom stereocenters. The number of amides is 2. The van der Waals surface area contributed by atoms with Crippen molar-refractivity contribution >= 4 is 11.8 Å². The average Bonchev–Trinajstić information content (AvgIpc) is 2.28. The van der Waals surface area contributed by atoms with Crippen molar-refractivity contribution in [3.63, 3.8) is 0 Å². The molecule has 5 nitrogen and oxygen atoms in total. The van der Waals surface area contributed by atoms with E-state index in [4.69, 9.17) is 4.74 Å². The predicted octanol–water partition coefficient (Wildman–Crippen LogP) is 0.396. The molecule has 0 radical (unpaired) electrons. The lowest BCUT2D eigenvalue weighted by molar-refractivity contribution is -0.148. The molecule has 2 amide bonds. The molecule has 98 valence electrons. The fourth-order valence-corrected chi connectivity index (χ4v) is 2.00. The van der Waals surface area contributed by atoms with Crippen molar-refractivity contribution in [1.29, 1.82) is 0 Å². The van der Waals surface area contributed by atoms with E-state index < -0.39 is 0 Å². The first-order chi connectivity index (χ1) is 8.07. The number of piperazine rings is 1. The van der Waals surface area contributed by atoms with Crippen LogP contribution in [0.3, 0.4) is 0 Å². The number of nitrogens with zero attached hydrogens (tertiary/aromatic N) is 1. The SMILES string of the molecule is CCCOCCN1C(=O)CNC(=O)C1C(C)C. The highest BCUT2D eigenvalue weighted by Gasteiger charge is 2.35. The summed E-state index contributed by atoms with van der Waals surface area (Å²) in [6, 6.07) is -0.360. The van der Waals surface area contributed by atoms with Crippen molar-refractivity contribution < 1.29 is 14.3 Å². The minimum Gasteiger partial charge on any atom is -0.380 e. The summed E-state index contributed by atoms with van der Waals surface area (Å²) < 4.78 is 5.37. The van der Waals surface area contributed by atoms with Gasteiger partial charge < -0.3 is 15.0 Å². The molecule has 0 saturated carbocycles. The molecule has 5 heteroatoms. The number of carbonyl (C=O) groups excluding carboxylic acids is 2. The van der Waals surface area contributed by atoms with E-state index in [1.807, 2.05) is 20.8 Å². The van der Waals surface area contributed by atoms with Gasteiger partial charge in [0.15, 0.2) is 0 Å². The summed E-state index contributed by atoms with van der Waals surface area (Å²) in [6.45, 7) is 7.73. The Hall–Kier alpha value is -1.10. The van der Waals surface area contributed by atoms with Gasteiger partial charge in [-0.25, -0.2) is 0 Å². The van der Waals surface area contributed by atoms with Gasteiger partial charge in [0.25, 0.3) is 0 Å². The molecule has 0 bridgehead atoms. The summed E-state index contributed by atoms with van der Waals surface area (Å²) in [5.74, 6) is 0.0314. The highest BCUT2D eigenvalue weighted by Crippen LogP contribution is 2.14. The van der Waals surface area contributed by atoms with Crippen molar-refractivity contribution in [2.24, 2.45) is 5.92 Å². The summed E-state index contributed by atoms with van der Waals surface area (Å²) in [7, 11) is 0. The zero-order valence-corrected chi connectivity index (χ0v) is 10.9. The summed E-state index contributed by atoms with van der Waals surface area (Å²) in [4.78, 5) is 25.1. The van der Waals surface area contributed by atoms with E-state index in [1.165, 1.54) is 0 Å². The molecule has 1 aliphatic rings. The highest BCUT2D eigenvalue weighted by molar-refractivity contribution is 5.94. The topological polar surface area (TPSA) is 58.6 Å². The van der Waals surface area contributed by atoms with E-state index >= 15 is 0 Å². The Bertz CT molecular complexity index is 279. The molecule has 1 N–H and O–H groups in total. The lowest BCUT2D eigenvalue weighted by atomic mass is 9.99. The van der Waals surface area contributed by atoms with Crippen LogP contribution < -0.4 is 5.32 Å². The average molecular weight is 242 g/mol. The Morgan fingerprint density at radius 2 is 2.12 bits per heavy atom. The van der Waals surface area contributed by atoms with Crippen LogP contribution in [0.2, 0.25) is 0 Å². The quantitative estimate of drug-likeness (QED) is 0.686. The van der Waals surface area contributed by atoms with E-state index in [0.717, 1.165) is 6.42 Å². The summed E-state index contributed by atoms with van der Waals surface area (Å²) in [5, 5.41) is 2.62. The third kappa shape index (κ3) is 3.70. The van der Waals surface area contributed by atoms with Gasteiger partial charge in [-0.2, -0.15) is 0 Å². The van der Waals surface area contributed by atoms with Crippen molar-refractivity contribution in [3.05, 3.63) is 0 Å². The molecule has 0 spiro atoms. The Morgan fingerprint density at radius 3 is 2.71 bits per heavy atom. The fourth-order valence-electron chi connectivity index (χ4n) is 2.00. The molecule has 0 aromatic carbocycles. The number of ether oxygens (including phenoxy) is 1. The van der Waals surface area contributed by atoms with E-state index in [2.05, 4.69) is 5.32 Å². The van der Waals surface area contributed by atoms with Crippen LogP contribution in [-0.4, -0.2) is 49.1 Å². The molecular weight excluding hydrogens is 220 g/mol. The third-order valence-electron chi connectivity index (χ3n) is 2.80. The highest BCUT2D eigenvalue weighted by atomic mass is 16.5. The van der Waals surface area contributed by atoms with E-state index in [1.54, 1.807) is 4.90 Å². The monoisotopic (exact) mass is 242 g/mol. The normalized spacial score (nSPS) is 20.9. The third-order valence-corrected chi connectivity index (χ3v) is 2.80. The molecule has 0 aromatic rings. The van der Waals surface area contributed by atoms with Gasteiger partial charge in [0.1, 0.15) is 6.04 Å². The van der Waals surface area contributed by atoms with Gasteiger partial charge in [-0.05, 0) is 12.3 Å². The van der Waals surface area contributed by atoms with Crippen molar-refractivity contribution in [3.8, 4) is 0 Å². The maximum Gasteiger partial charge on any atom is 0.243 e. The molecule has 1 aliphatic heterocycles. The Morgan fingerprint density at radius 1 is 1.41 bits per heavy atom. The van der Waals surface area contributed by atoms with Crippen molar-refractivity contribution in [2.75, 3.05) is 26.3 Å². The van der Waals surface area contributed by atoms with Crippen LogP contribution in [0.25, 0.3) is 0 Å². The first-order valence-electron chi connectivity index (χ1n) is 6.22. The van der Waals surface area contributed by atoms with Crippen LogP contribution in [-0.2, 0) is 14.3 Å². The summed E-state index contributed by atoms with van der Waals surface area (Å²) >= 11 is 0. The number of nitrogens with one attached hydrogen (secondary N) is 1. The molecule has 17 heavy (non-hydrogen) atoms. The maximum atomic E-state index is 11.8. The molecule has 1 saturated heterocycles. The lowest BCUT2D eigenvalue weighted by Gasteiger charge is -2.37. The number of hydrogen-bond donors (Lipinski definition) is 1. The van der Waals surface area contributed by atoms with Gasteiger partial charge in [-0.3, -0.25) is 9.59 Å². The van der Waals surface area contributed by atoms with E-state index in [0.29, 0.717) is 19.8 Å². The van der Waals surface area contributed by atoms with Crippen molar-refractivity contribution in [2.45, 2.75) is 33.2 Å². The van der Waals surface area contributed by atoms with Gasteiger partial charge >= 0.3 is 0 Å². The molecular formula is C12H22N2O3. The second-order valence-electron chi connectivity index (χ2n) is 4.61. The van der Waals surface area contributed by atoms with E-state index in [9.17, 15) is 9.59 Å². The molecule has 1 heterocycles. The minimum absolute atomic E-state index is 0.0246. The Balaban J connectivity index is 2.56. The van der Waals surface area contributed by atoms with Crippen LogP contribution in [0.4, 0.5) is 0 Å². The zero-order chi connectivity index (χ0) is 12.8. The maximum absolute atomic E-state index is 11.8. The van der Waals surface area contributed by atoms with Crippen LogP contribution in [0.5, 0.6) is 0 Å². The zero-order valence-electron chi connectivity index (χ0n) is 10.9. The van der Waals surface area contributed by atoms with Crippen LogP contribution in [0.1, 0.15) is 27.2 Å². The molecule has 0 aromatic heterocycles. The molecule has 1 atom stereocenters. The standard InChI is InChI=1S/C12H22N2O3/c1-4-6-17-7-5-14-10(15)8-13-12(16)11(14)9(2)3/h9,11H,4-8H2,1-3H3,(H,13,16). The minimum atomic E-state index is -0.360.